The molecular weight excluding hydrogens is 241 g/mol. The van der Waals surface area contributed by atoms with E-state index in [-0.39, 0.29) is 5.69 Å². The van der Waals surface area contributed by atoms with Gasteiger partial charge in [-0.2, -0.15) is 4.37 Å². The molecule has 1 aromatic heterocycles. The third-order valence-corrected chi connectivity index (χ3v) is 2.74. The number of benzene rings is 1. The summed E-state index contributed by atoms with van der Waals surface area (Å²) < 4.78 is 17.2. The third kappa shape index (κ3) is 2.79. The smallest absolute Gasteiger partial charge is 0.289 e. The van der Waals surface area contributed by atoms with Gasteiger partial charge in [0.2, 0.25) is 0 Å². The number of aromatic nitrogens is 1. The molecule has 0 atom stereocenters. The van der Waals surface area contributed by atoms with E-state index in [4.69, 9.17) is 0 Å². The first-order valence-electron chi connectivity index (χ1n) is 4.91. The number of aryl methyl sites for hydroxylation is 1. The van der Waals surface area contributed by atoms with Crippen molar-refractivity contribution in [2.45, 2.75) is 6.92 Å². The van der Waals surface area contributed by atoms with Gasteiger partial charge in [-0.25, -0.2) is 4.39 Å². The highest BCUT2D eigenvalue weighted by atomic mass is 32.1. The standard InChI is InChI=1S/C11H10FN3OS/c1-7-6-10(15-17-7)11(16)14-13-9-5-3-2-4-8(9)12/h2-6,13H,1H3,(H,14,16). The molecule has 88 valence electrons. The van der Waals surface area contributed by atoms with Gasteiger partial charge in [0.05, 0.1) is 5.69 Å². The largest absolute Gasteiger partial charge is 0.295 e. The summed E-state index contributed by atoms with van der Waals surface area (Å²) in [4.78, 5) is 12.5. The van der Waals surface area contributed by atoms with Crippen LogP contribution >= 0.6 is 11.5 Å². The predicted molar refractivity (Wildman–Crippen MR) is 64.3 cm³/mol. The summed E-state index contributed by atoms with van der Waals surface area (Å²) in [6.45, 7) is 1.86. The first kappa shape index (κ1) is 11.5. The van der Waals surface area contributed by atoms with E-state index >= 15 is 0 Å². The maximum Gasteiger partial charge on any atom is 0.289 e. The molecule has 4 nitrogen and oxygen atoms in total. The molecule has 1 amide bonds. The van der Waals surface area contributed by atoms with Crippen molar-refractivity contribution in [3.05, 3.63) is 46.7 Å². The van der Waals surface area contributed by atoms with Crippen LogP contribution in [0, 0.1) is 12.7 Å². The van der Waals surface area contributed by atoms with Crippen molar-refractivity contribution >= 4 is 23.1 Å². The molecule has 2 rings (SSSR count). The quantitative estimate of drug-likeness (QED) is 0.823. The van der Waals surface area contributed by atoms with E-state index < -0.39 is 11.7 Å². The van der Waals surface area contributed by atoms with Gasteiger partial charge in [0.1, 0.15) is 11.5 Å². The fourth-order valence-electron chi connectivity index (χ4n) is 1.22. The van der Waals surface area contributed by atoms with Crippen LogP contribution in [0.5, 0.6) is 0 Å². The summed E-state index contributed by atoms with van der Waals surface area (Å²) in [6, 6.07) is 7.75. The maximum atomic E-state index is 13.2. The highest BCUT2D eigenvalue weighted by molar-refractivity contribution is 7.05. The molecule has 2 N–H and O–H groups in total. The number of hydrogen-bond acceptors (Lipinski definition) is 4. The number of para-hydroxylation sites is 1. The number of nitrogens with one attached hydrogen (secondary N) is 2. The average molecular weight is 251 g/mol. The van der Waals surface area contributed by atoms with Crippen LogP contribution in [0.4, 0.5) is 10.1 Å². The lowest BCUT2D eigenvalue weighted by Gasteiger charge is -2.07. The molecule has 0 aliphatic rings. The molecule has 17 heavy (non-hydrogen) atoms. The summed E-state index contributed by atoms with van der Waals surface area (Å²) in [5, 5.41) is 0. The Balaban J connectivity index is 1.99. The van der Waals surface area contributed by atoms with E-state index in [1.165, 1.54) is 23.7 Å². The lowest BCUT2D eigenvalue weighted by molar-refractivity contribution is 0.0958. The van der Waals surface area contributed by atoms with E-state index in [0.717, 1.165) is 4.88 Å². The van der Waals surface area contributed by atoms with Crippen molar-refractivity contribution in [1.29, 1.82) is 0 Å². The van der Waals surface area contributed by atoms with Gasteiger partial charge in [0.15, 0.2) is 0 Å². The summed E-state index contributed by atoms with van der Waals surface area (Å²) in [7, 11) is 0. The molecule has 0 saturated carbocycles. The van der Waals surface area contributed by atoms with Gasteiger partial charge in [-0.15, -0.1) is 0 Å². The lowest BCUT2D eigenvalue weighted by Crippen LogP contribution is -2.29. The molecule has 0 aliphatic carbocycles. The molecular formula is C11H10FN3OS. The zero-order valence-corrected chi connectivity index (χ0v) is 9.84. The van der Waals surface area contributed by atoms with Crippen molar-refractivity contribution in [3.8, 4) is 0 Å². The zero-order valence-electron chi connectivity index (χ0n) is 9.03. The maximum absolute atomic E-state index is 13.2. The predicted octanol–water partition coefficient (Wildman–Crippen LogP) is 2.35. The SMILES string of the molecule is Cc1cc(C(=O)NNc2ccccc2F)ns1. The molecule has 0 spiro atoms. The van der Waals surface area contributed by atoms with Crippen molar-refractivity contribution in [2.24, 2.45) is 0 Å². The van der Waals surface area contributed by atoms with Crippen LogP contribution in [0.2, 0.25) is 0 Å². The van der Waals surface area contributed by atoms with Crippen LogP contribution in [0.3, 0.4) is 0 Å². The second-order valence-corrected chi connectivity index (χ2v) is 4.39. The van der Waals surface area contributed by atoms with Gasteiger partial charge in [-0.3, -0.25) is 15.6 Å². The Morgan fingerprint density at radius 3 is 2.82 bits per heavy atom. The average Bonchev–Trinajstić information content (AvgIpc) is 2.74. The molecule has 1 aromatic carbocycles. The summed E-state index contributed by atoms with van der Waals surface area (Å²) in [6.07, 6.45) is 0. The van der Waals surface area contributed by atoms with Crippen molar-refractivity contribution in [3.63, 3.8) is 0 Å². The molecule has 0 saturated heterocycles. The first-order valence-corrected chi connectivity index (χ1v) is 5.68. The number of hydrogen-bond donors (Lipinski definition) is 2. The third-order valence-electron chi connectivity index (χ3n) is 2.05. The van der Waals surface area contributed by atoms with Gasteiger partial charge in [0.25, 0.3) is 5.91 Å². The fourth-order valence-corrected chi connectivity index (χ4v) is 1.77. The summed E-state index contributed by atoms with van der Waals surface area (Å²) in [5.41, 5.74) is 5.43. The Morgan fingerprint density at radius 2 is 2.18 bits per heavy atom. The first-order chi connectivity index (χ1) is 8.16. The van der Waals surface area contributed by atoms with E-state index in [9.17, 15) is 9.18 Å². The van der Waals surface area contributed by atoms with E-state index in [0.29, 0.717) is 5.69 Å². The van der Waals surface area contributed by atoms with Crippen LogP contribution in [0.25, 0.3) is 0 Å². The minimum atomic E-state index is -0.428. The molecule has 1 heterocycles. The van der Waals surface area contributed by atoms with E-state index in [1.807, 2.05) is 6.92 Å². The van der Waals surface area contributed by atoms with Gasteiger partial charge in [-0.05, 0) is 36.7 Å². The van der Waals surface area contributed by atoms with Crippen LogP contribution in [-0.2, 0) is 0 Å². The number of rotatable bonds is 3. The summed E-state index contributed by atoms with van der Waals surface area (Å²) >= 11 is 1.24. The Hall–Kier alpha value is -1.95. The molecule has 0 fully saturated rings. The number of halogens is 1. The number of amides is 1. The Morgan fingerprint density at radius 1 is 1.41 bits per heavy atom. The van der Waals surface area contributed by atoms with E-state index in [1.54, 1.807) is 18.2 Å². The van der Waals surface area contributed by atoms with Gasteiger partial charge < -0.3 is 0 Å². The minimum absolute atomic E-state index is 0.216. The molecule has 0 bridgehead atoms. The van der Waals surface area contributed by atoms with Gasteiger partial charge >= 0.3 is 0 Å². The van der Waals surface area contributed by atoms with Crippen LogP contribution in [-0.4, -0.2) is 10.3 Å². The molecule has 0 unspecified atom stereocenters. The Kier molecular flexibility index (Phi) is 3.34. The van der Waals surface area contributed by atoms with Crippen molar-refractivity contribution < 1.29 is 9.18 Å². The van der Waals surface area contributed by atoms with Crippen LogP contribution in [0.1, 0.15) is 15.4 Å². The molecule has 2 aromatic rings. The Bertz CT molecular complexity index is 541. The molecule has 6 heteroatoms. The number of nitrogens with zero attached hydrogens (tertiary/aromatic N) is 1. The second-order valence-electron chi connectivity index (χ2n) is 3.38. The second kappa shape index (κ2) is 4.92. The highest BCUT2D eigenvalue weighted by Crippen LogP contribution is 2.11. The van der Waals surface area contributed by atoms with Crippen LogP contribution in [0.15, 0.2) is 30.3 Å². The number of anilines is 1. The summed E-state index contributed by atoms with van der Waals surface area (Å²) in [5.74, 6) is -0.820. The highest BCUT2D eigenvalue weighted by Gasteiger charge is 2.09. The zero-order chi connectivity index (χ0) is 12.3. The number of hydrazine groups is 1. The van der Waals surface area contributed by atoms with Crippen molar-refractivity contribution in [2.75, 3.05) is 5.43 Å². The minimum Gasteiger partial charge on any atom is -0.295 e. The monoisotopic (exact) mass is 251 g/mol. The van der Waals surface area contributed by atoms with Gasteiger partial charge in [-0.1, -0.05) is 12.1 Å². The normalized spacial score (nSPS) is 10.0. The van der Waals surface area contributed by atoms with Crippen LogP contribution < -0.4 is 10.9 Å². The van der Waals surface area contributed by atoms with Gasteiger partial charge in [0, 0.05) is 4.88 Å². The lowest BCUT2D eigenvalue weighted by atomic mass is 10.3. The molecule has 0 radical (unpaired) electrons. The number of carbonyl (C=O) groups is 1. The topological polar surface area (TPSA) is 54.0 Å². The Labute approximate surface area is 102 Å². The van der Waals surface area contributed by atoms with Crippen molar-refractivity contribution in [1.82, 2.24) is 9.80 Å². The molecule has 0 aliphatic heterocycles. The fraction of sp³-hybridized carbons (Fsp3) is 0.0909. The number of carbonyl (C=O) groups excluding carboxylic acids is 1. The van der Waals surface area contributed by atoms with E-state index in [2.05, 4.69) is 15.2 Å².